The summed E-state index contributed by atoms with van der Waals surface area (Å²) in [5.74, 6) is 0. The van der Waals surface area contributed by atoms with Gasteiger partial charge in [0.2, 0.25) is 0 Å². The topological polar surface area (TPSA) is 57.8 Å². The summed E-state index contributed by atoms with van der Waals surface area (Å²) < 4.78 is 0. The smallest absolute Gasteiger partial charge is 0.272 e. The van der Waals surface area contributed by atoms with E-state index in [1.165, 1.54) is 64.3 Å². The van der Waals surface area contributed by atoms with Crippen molar-refractivity contribution in [2.75, 3.05) is 7.05 Å². The standard InChI is InChI=1S/C27H27N.C8H6N2O/c1-28-18-20-11-9-19(10-12-20)17-23-7-4-6-22-14-15-25-24-8-3-2-5-21(24)13-16-26(25)27(22)23;11-8-7-4-2-1-3-6(7)5-9-10-8/h3-4,6-12,14-15,28H,2,5,13,16-18H2,1H3;1-5H,(H,10,11). The second-order valence-corrected chi connectivity index (χ2v) is 10.4. The number of hydrogen-bond acceptors (Lipinski definition) is 3. The second kappa shape index (κ2) is 11.2. The molecular formula is C35H33N3O. The molecule has 5 aromatic rings. The molecule has 0 spiro atoms. The first-order valence-electron chi connectivity index (χ1n) is 13.8. The maximum Gasteiger partial charge on any atom is 0.272 e. The fourth-order valence-corrected chi connectivity index (χ4v) is 5.96. The molecule has 4 aromatic carbocycles. The predicted molar refractivity (Wildman–Crippen MR) is 162 cm³/mol. The summed E-state index contributed by atoms with van der Waals surface area (Å²) >= 11 is 0. The van der Waals surface area contributed by atoms with Crippen molar-refractivity contribution in [2.45, 2.75) is 38.6 Å². The van der Waals surface area contributed by atoms with Crippen LogP contribution in [0.5, 0.6) is 0 Å². The van der Waals surface area contributed by atoms with Gasteiger partial charge in [-0.1, -0.05) is 90.5 Å². The van der Waals surface area contributed by atoms with E-state index in [0.717, 1.165) is 18.4 Å². The van der Waals surface area contributed by atoms with Crippen molar-refractivity contribution < 1.29 is 0 Å². The minimum Gasteiger partial charge on any atom is -0.316 e. The van der Waals surface area contributed by atoms with Gasteiger partial charge < -0.3 is 5.32 Å². The summed E-state index contributed by atoms with van der Waals surface area (Å²) in [6.07, 6.45) is 12.2. The molecule has 2 aliphatic rings. The van der Waals surface area contributed by atoms with Crippen LogP contribution < -0.4 is 10.9 Å². The van der Waals surface area contributed by atoms with E-state index in [2.05, 4.69) is 82.3 Å². The molecule has 0 radical (unpaired) electrons. The normalized spacial score (nSPS) is 14.1. The van der Waals surface area contributed by atoms with Crippen LogP contribution in [0.25, 0.3) is 27.1 Å². The maximum atomic E-state index is 11.1. The van der Waals surface area contributed by atoms with Crippen molar-refractivity contribution in [1.82, 2.24) is 15.5 Å². The van der Waals surface area contributed by atoms with Crippen LogP contribution in [0.4, 0.5) is 0 Å². The monoisotopic (exact) mass is 511 g/mol. The van der Waals surface area contributed by atoms with Gasteiger partial charge in [-0.3, -0.25) is 4.79 Å². The molecular weight excluding hydrogens is 478 g/mol. The Balaban J connectivity index is 0.000000210. The Labute approximate surface area is 229 Å². The third-order valence-corrected chi connectivity index (χ3v) is 7.86. The number of nitrogens with one attached hydrogen (secondary N) is 2. The van der Waals surface area contributed by atoms with E-state index in [1.807, 2.05) is 25.2 Å². The zero-order valence-corrected chi connectivity index (χ0v) is 22.3. The number of aryl methyl sites for hydroxylation is 1. The lowest BCUT2D eigenvalue weighted by Crippen LogP contribution is -2.08. The van der Waals surface area contributed by atoms with Crippen molar-refractivity contribution in [1.29, 1.82) is 0 Å². The van der Waals surface area contributed by atoms with Crippen LogP contribution in [0.2, 0.25) is 0 Å². The fraction of sp³-hybridized carbons (Fsp3) is 0.200. The van der Waals surface area contributed by atoms with Crippen molar-refractivity contribution in [2.24, 2.45) is 0 Å². The number of nitrogens with zero attached hydrogens (tertiary/aromatic N) is 1. The van der Waals surface area contributed by atoms with Gasteiger partial charge in [-0.15, -0.1) is 0 Å². The average Bonchev–Trinajstić information content (AvgIpc) is 2.99. The number of benzene rings is 4. The van der Waals surface area contributed by atoms with E-state index in [0.29, 0.717) is 5.39 Å². The predicted octanol–water partition coefficient (Wildman–Crippen LogP) is 7.12. The van der Waals surface area contributed by atoms with Crippen LogP contribution in [0, 0.1) is 0 Å². The Morgan fingerprint density at radius 3 is 2.51 bits per heavy atom. The third-order valence-electron chi connectivity index (χ3n) is 7.86. The van der Waals surface area contributed by atoms with Gasteiger partial charge in [-0.2, -0.15) is 5.10 Å². The van der Waals surface area contributed by atoms with Gasteiger partial charge in [0.25, 0.3) is 5.56 Å². The maximum absolute atomic E-state index is 11.1. The highest BCUT2D eigenvalue weighted by Gasteiger charge is 2.21. The SMILES string of the molecule is CNCc1ccc(Cc2cccc3ccc4c(c23)CCC2=C4C=CCC2)cc1.O=c1[nH]ncc2ccccc12. The third kappa shape index (κ3) is 5.21. The molecule has 194 valence electrons. The molecule has 1 heterocycles. The molecule has 0 amide bonds. The summed E-state index contributed by atoms with van der Waals surface area (Å²) in [7, 11) is 2.00. The van der Waals surface area contributed by atoms with Crippen molar-refractivity contribution >= 4 is 27.1 Å². The molecule has 2 N–H and O–H groups in total. The van der Waals surface area contributed by atoms with Crippen molar-refractivity contribution in [3.05, 3.63) is 141 Å². The molecule has 0 unspecified atom stereocenters. The molecule has 0 saturated carbocycles. The Hall–Kier alpha value is -4.28. The second-order valence-electron chi connectivity index (χ2n) is 10.4. The molecule has 0 atom stereocenters. The summed E-state index contributed by atoms with van der Waals surface area (Å²) in [5, 5.41) is 13.7. The van der Waals surface area contributed by atoms with Crippen LogP contribution in [0.1, 0.15) is 47.1 Å². The Bertz CT molecular complexity index is 1750. The molecule has 39 heavy (non-hydrogen) atoms. The first-order chi connectivity index (χ1) is 19.2. The van der Waals surface area contributed by atoms with Gasteiger partial charge >= 0.3 is 0 Å². The lowest BCUT2D eigenvalue weighted by Gasteiger charge is -2.26. The summed E-state index contributed by atoms with van der Waals surface area (Å²) in [4.78, 5) is 11.1. The first kappa shape index (κ1) is 25.0. The zero-order chi connectivity index (χ0) is 26.6. The summed E-state index contributed by atoms with van der Waals surface area (Å²) in [6, 6.07) is 27.9. The highest BCUT2D eigenvalue weighted by atomic mass is 16.1. The highest BCUT2D eigenvalue weighted by Crippen LogP contribution is 2.41. The Kier molecular flexibility index (Phi) is 7.20. The van der Waals surface area contributed by atoms with Gasteiger partial charge in [-0.25, -0.2) is 5.10 Å². The molecule has 4 nitrogen and oxygen atoms in total. The van der Waals surface area contributed by atoms with Gasteiger partial charge in [0.05, 0.1) is 6.20 Å². The Morgan fingerprint density at radius 2 is 1.67 bits per heavy atom. The molecule has 0 aliphatic heterocycles. The molecule has 0 fully saturated rings. The molecule has 1 aromatic heterocycles. The largest absolute Gasteiger partial charge is 0.316 e. The van der Waals surface area contributed by atoms with Crippen LogP contribution in [0.3, 0.4) is 0 Å². The fourth-order valence-electron chi connectivity index (χ4n) is 5.96. The van der Waals surface area contributed by atoms with Crippen LogP contribution >= 0.6 is 0 Å². The lowest BCUT2D eigenvalue weighted by molar-refractivity contribution is 0.817. The van der Waals surface area contributed by atoms with E-state index in [-0.39, 0.29) is 5.56 Å². The minimum absolute atomic E-state index is 0.136. The molecule has 7 rings (SSSR count). The summed E-state index contributed by atoms with van der Waals surface area (Å²) in [6.45, 7) is 0.924. The van der Waals surface area contributed by atoms with Crippen LogP contribution in [0.15, 0.2) is 108 Å². The number of aromatic amines is 1. The van der Waals surface area contributed by atoms with Crippen LogP contribution in [-0.2, 0) is 19.4 Å². The lowest BCUT2D eigenvalue weighted by atomic mass is 9.78. The zero-order valence-electron chi connectivity index (χ0n) is 22.3. The van der Waals surface area contributed by atoms with E-state index in [4.69, 9.17) is 0 Å². The van der Waals surface area contributed by atoms with E-state index < -0.39 is 0 Å². The number of fused-ring (bicyclic) bond motifs is 5. The van der Waals surface area contributed by atoms with Gasteiger partial charge in [-0.05, 0) is 89.4 Å². The Morgan fingerprint density at radius 1 is 0.846 bits per heavy atom. The molecule has 4 heteroatoms. The van der Waals surface area contributed by atoms with E-state index in [1.54, 1.807) is 23.4 Å². The summed E-state index contributed by atoms with van der Waals surface area (Å²) in [5.41, 5.74) is 10.2. The van der Waals surface area contributed by atoms with E-state index in [9.17, 15) is 4.79 Å². The van der Waals surface area contributed by atoms with Crippen molar-refractivity contribution in [3.63, 3.8) is 0 Å². The molecule has 2 aliphatic carbocycles. The molecule has 0 saturated heterocycles. The van der Waals surface area contributed by atoms with Gasteiger partial charge in [0, 0.05) is 17.3 Å². The number of H-pyrrole nitrogens is 1. The average molecular weight is 512 g/mol. The first-order valence-corrected chi connectivity index (χ1v) is 13.8. The molecule has 0 bridgehead atoms. The van der Waals surface area contributed by atoms with Crippen molar-refractivity contribution in [3.8, 4) is 0 Å². The minimum atomic E-state index is -0.136. The van der Waals surface area contributed by atoms with Gasteiger partial charge in [0.1, 0.15) is 0 Å². The number of allylic oxidation sites excluding steroid dienone is 4. The number of aromatic nitrogens is 2. The highest BCUT2D eigenvalue weighted by molar-refractivity contribution is 5.96. The number of rotatable bonds is 4. The number of hydrogen-bond donors (Lipinski definition) is 2. The van der Waals surface area contributed by atoms with Gasteiger partial charge in [0.15, 0.2) is 0 Å². The van der Waals surface area contributed by atoms with Crippen LogP contribution in [-0.4, -0.2) is 17.2 Å². The van der Waals surface area contributed by atoms with E-state index >= 15 is 0 Å². The quantitative estimate of drug-likeness (QED) is 0.270.